The Hall–Kier alpha value is -1.83. The minimum Gasteiger partial charge on any atom is -0.318 e. The van der Waals surface area contributed by atoms with Gasteiger partial charge < -0.3 is 4.57 Å². The first kappa shape index (κ1) is 11.6. The standard InChI is InChI=1S/C15H17NO/c1-10-6-5-7-14(8-10)16-11(2)9-15(12(16)3)13(4)17/h5-9H,1-4H3. The monoisotopic (exact) mass is 227 g/mol. The summed E-state index contributed by atoms with van der Waals surface area (Å²) in [6.07, 6.45) is 0. The molecule has 0 amide bonds. The van der Waals surface area contributed by atoms with Gasteiger partial charge in [-0.05, 0) is 51.5 Å². The van der Waals surface area contributed by atoms with Crippen molar-refractivity contribution in [2.24, 2.45) is 0 Å². The third-order valence-electron chi connectivity index (χ3n) is 3.07. The summed E-state index contributed by atoms with van der Waals surface area (Å²) in [7, 11) is 0. The second-order valence-corrected chi connectivity index (χ2v) is 4.52. The van der Waals surface area contributed by atoms with Crippen LogP contribution in [0.5, 0.6) is 0 Å². The molecule has 2 rings (SSSR count). The summed E-state index contributed by atoms with van der Waals surface area (Å²) in [6.45, 7) is 7.71. The maximum Gasteiger partial charge on any atom is 0.161 e. The van der Waals surface area contributed by atoms with Crippen LogP contribution in [0.25, 0.3) is 5.69 Å². The SMILES string of the molecule is CC(=O)c1cc(C)n(-c2cccc(C)c2)c1C. The summed E-state index contributed by atoms with van der Waals surface area (Å²) in [5, 5.41) is 0. The molecule has 0 atom stereocenters. The van der Waals surface area contributed by atoms with Gasteiger partial charge in [0, 0.05) is 22.6 Å². The number of aryl methyl sites for hydroxylation is 2. The van der Waals surface area contributed by atoms with E-state index in [0.717, 1.165) is 22.6 Å². The molecule has 2 heteroatoms. The predicted molar refractivity (Wildman–Crippen MR) is 70.0 cm³/mol. The van der Waals surface area contributed by atoms with Crippen LogP contribution in [0.4, 0.5) is 0 Å². The Morgan fingerprint density at radius 2 is 1.82 bits per heavy atom. The van der Waals surface area contributed by atoms with E-state index in [9.17, 15) is 4.79 Å². The minimum absolute atomic E-state index is 0.122. The zero-order chi connectivity index (χ0) is 12.6. The van der Waals surface area contributed by atoms with Crippen LogP contribution in [0.15, 0.2) is 30.3 Å². The number of ketones is 1. The number of Topliss-reactive ketones (excluding diaryl/α,β-unsaturated/α-hetero) is 1. The fourth-order valence-electron chi connectivity index (χ4n) is 2.28. The van der Waals surface area contributed by atoms with Gasteiger partial charge in [0.1, 0.15) is 0 Å². The van der Waals surface area contributed by atoms with E-state index in [1.807, 2.05) is 26.0 Å². The van der Waals surface area contributed by atoms with Gasteiger partial charge in [-0.15, -0.1) is 0 Å². The van der Waals surface area contributed by atoms with E-state index in [-0.39, 0.29) is 5.78 Å². The second kappa shape index (κ2) is 4.21. The molecule has 0 aliphatic rings. The Morgan fingerprint density at radius 1 is 1.12 bits per heavy atom. The molecular weight excluding hydrogens is 210 g/mol. The van der Waals surface area contributed by atoms with Crippen LogP contribution in [0.1, 0.15) is 34.2 Å². The molecular formula is C15H17NO. The molecule has 0 saturated carbocycles. The number of rotatable bonds is 2. The van der Waals surface area contributed by atoms with Crippen molar-refractivity contribution >= 4 is 5.78 Å². The van der Waals surface area contributed by atoms with Crippen LogP contribution >= 0.6 is 0 Å². The quantitative estimate of drug-likeness (QED) is 0.718. The molecule has 0 aliphatic carbocycles. The lowest BCUT2D eigenvalue weighted by Crippen LogP contribution is -2.01. The van der Waals surface area contributed by atoms with Crippen LogP contribution < -0.4 is 0 Å². The highest BCUT2D eigenvalue weighted by Crippen LogP contribution is 2.21. The molecule has 1 aromatic carbocycles. The molecule has 1 heterocycles. The lowest BCUT2D eigenvalue weighted by atomic mass is 10.2. The fourth-order valence-corrected chi connectivity index (χ4v) is 2.28. The van der Waals surface area contributed by atoms with E-state index in [4.69, 9.17) is 0 Å². The number of nitrogens with zero attached hydrogens (tertiary/aromatic N) is 1. The molecule has 0 saturated heterocycles. The smallest absolute Gasteiger partial charge is 0.161 e. The molecule has 0 radical (unpaired) electrons. The van der Waals surface area contributed by atoms with Crippen molar-refractivity contribution in [2.45, 2.75) is 27.7 Å². The van der Waals surface area contributed by atoms with Crippen molar-refractivity contribution < 1.29 is 4.79 Å². The zero-order valence-electron chi connectivity index (χ0n) is 10.7. The summed E-state index contributed by atoms with van der Waals surface area (Å²) < 4.78 is 2.13. The van der Waals surface area contributed by atoms with Crippen molar-refractivity contribution in [3.8, 4) is 5.69 Å². The summed E-state index contributed by atoms with van der Waals surface area (Å²) in [4.78, 5) is 11.5. The molecule has 0 N–H and O–H groups in total. The number of hydrogen-bond acceptors (Lipinski definition) is 1. The van der Waals surface area contributed by atoms with Gasteiger partial charge in [0.15, 0.2) is 5.78 Å². The molecule has 0 bridgehead atoms. The number of carbonyl (C=O) groups excluding carboxylic acids is 1. The van der Waals surface area contributed by atoms with Gasteiger partial charge in [0.05, 0.1) is 0 Å². The van der Waals surface area contributed by atoms with Crippen molar-refractivity contribution in [1.82, 2.24) is 4.57 Å². The molecule has 17 heavy (non-hydrogen) atoms. The minimum atomic E-state index is 0.122. The summed E-state index contributed by atoms with van der Waals surface area (Å²) >= 11 is 0. The molecule has 1 aromatic heterocycles. The van der Waals surface area contributed by atoms with E-state index in [1.54, 1.807) is 6.92 Å². The Morgan fingerprint density at radius 3 is 2.35 bits per heavy atom. The van der Waals surface area contributed by atoms with Gasteiger partial charge >= 0.3 is 0 Å². The number of carbonyl (C=O) groups is 1. The van der Waals surface area contributed by atoms with Crippen LogP contribution in [0.2, 0.25) is 0 Å². The molecule has 2 aromatic rings. The van der Waals surface area contributed by atoms with Crippen LogP contribution in [-0.4, -0.2) is 10.4 Å². The van der Waals surface area contributed by atoms with Crippen LogP contribution in [0, 0.1) is 20.8 Å². The lowest BCUT2D eigenvalue weighted by Gasteiger charge is -2.10. The van der Waals surface area contributed by atoms with Gasteiger partial charge in [-0.3, -0.25) is 4.79 Å². The largest absolute Gasteiger partial charge is 0.318 e. The molecule has 2 nitrogen and oxygen atoms in total. The normalized spacial score (nSPS) is 10.6. The Bertz CT molecular complexity index is 579. The van der Waals surface area contributed by atoms with Gasteiger partial charge in [-0.2, -0.15) is 0 Å². The average Bonchev–Trinajstić information content (AvgIpc) is 2.54. The van der Waals surface area contributed by atoms with Gasteiger partial charge in [-0.25, -0.2) is 0 Å². The first-order chi connectivity index (χ1) is 8.00. The summed E-state index contributed by atoms with van der Waals surface area (Å²) in [6, 6.07) is 10.3. The van der Waals surface area contributed by atoms with E-state index in [2.05, 4.69) is 29.7 Å². The van der Waals surface area contributed by atoms with Crippen molar-refractivity contribution in [3.05, 3.63) is 52.8 Å². The average molecular weight is 227 g/mol. The topological polar surface area (TPSA) is 22.0 Å². The van der Waals surface area contributed by atoms with E-state index in [1.165, 1.54) is 5.56 Å². The van der Waals surface area contributed by atoms with Crippen molar-refractivity contribution in [2.75, 3.05) is 0 Å². The maximum atomic E-state index is 11.5. The first-order valence-corrected chi connectivity index (χ1v) is 5.77. The predicted octanol–water partition coefficient (Wildman–Crippen LogP) is 3.61. The fraction of sp³-hybridized carbons (Fsp3) is 0.267. The third-order valence-corrected chi connectivity index (χ3v) is 3.07. The molecule has 88 valence electrons. The Balaban J connectivity index is 2.64. The molecule has 0 fully saturated rings. The van der Waals surface area contributed by atoms with E-state index < -0.39 is 0 Å². The highest BCUT2D eigenvalue weighted by molar-refractivity contribution is 5.95. The van der Waals surface area contributed by atoms with Crippen molar-refractivity contribution in [3.63, 3.8) is 0 Å². The van der Waals surface area contributed by atoms with Crippen LogP contribution in [-0.2, 0) is 0 Å². The molecule has 0 spiro atoms. The number of hydrogen-bond donors (Lipinski definition) is 0. The lowest BCUT2D eigenvalue weighted by molar-refractivity contribution is 0.101. The first-order valence-electron chi connectivity index (χ1n) is 5.77. The van der Waals surface area contributed by atoms with Crippen molar-refractivity contribution in [1.29, 1.82) is 0 Å². The molecule has 0 aliphatic heterocycles. The highest BCUT2D eigenvalue weighted by atomic mass is 16.1. The zero-order valence-corrected chi connectivity index (χ0v) is 10.7. The Labute approximate surface area is 102 Å². The van der Waals surface area contributed by atoms with Crippen LogP contribution in [0.3, 0.4) is 0 Å². The van der Waals surface area contributed by atoms with Gasteiger partial charge in [0.2, 0.25) is 0 Å². The van der Waals surface area contributed by atoms with E-state index in [0.29, 0.717) is 0 Å². The number of aromatic nitrogens is 1. The maximum absolute atomic E-state index is 11.5. The summed E-state index contributed by atoms with van der Waals surface area (Å²) in [5.41, 5.74) is 5.26. The highest BCUT2D eigenvalue weighted by Gasteiger charge is 2.13. The Kier molecular flexibility index (Phi) is 2.88. The van der Waals surface area contributed by atoms with Gasteiger partial charge in [-0.1, -0.05) is 12.1 Å². The van der Waals surface area contributed by atoms with Gasteiger partial charge in [0.25, 0.3) is 0 Å². The second-order valence-electron chi connectivity index (χ2n) is 4.52. The van der Waals surface area contributed by atoms with E-state index >= 15 is 0 Å². The molecule has 0 unspecified atom stereocenters. The number of benzene rings is 1. The summed E-state index contributed by atoms with van der Waals surface area (Å²) in [5.74, 6) is 0.122. The third kappa shape index (κ3) is 2.03.